The molecule has 1 aromatic carbocycles. The molecule has 2 aromatic rings. The summed E-state index contributed by atoms with van der Waals surface area (Å²) in [4.78, 5) is 0. The van der Waals surface area contributed by atoms with E-state index in [1.165, 1.54) is 0 Å². The van der Waals surface area contributed by atoms with Gasteiger partial charge in [-0.25, -0.2) is 0 Å². The highest BCUT2D eigenvalue weighted by atomic mass is 79.9. The minimum Gasteiger partial charge on any atom is -0.319 e. The second-order valence-electron chi connectivity index (χ2n) is 4.01. The third kappa shape index (κ3) is 2.76. The van der Waals surface area contributed by atoms with Gasteiger partial charge in [0.1, 0.15) is 0 Å². The van der Waals surface area contributed by atoms with Crippen LogP contribution in [0.2, 0.25) is 0 Å². The molecule has 0 spiro atoms. The van der Waals surface area contributed by atoms with Gasteiger partial charge in [-0.3, -0.25) is 4.68 Å². The van der Waals surface area contributed by atoms with Crippen LogP contribution in [0.15, 0.2) is 41.0 Å². The van der Waals surface area contributed by atoms with Crippen LogP contribution in [0.25, 0.3) is 0 Å². The molecule has 2 rings (SSSR count). The molecule has 17 heavy (non-hydrogen) atoms. The molecule has 1 unspecified atom stereocenters. The Morgan fingerprint density at radius 1 is 1.29 bits per heavy atom. The topological polar surface area (TPSA) is 43.8 Å². The molecule has 0 aliphatic heterocycles. The molecule has 0 aliphatic carbocycles. The molecule has 0 saturated heterocycles. The lowest BCUT2D eigenvalue weighted by molar-refractivity contribution is 0.560. The molecular weight excluding hydrogens is 278 g/mol. The van der Waals surface area contributed by atoms with Crippen molar-refractivity contribution < 1.29 is 0 Å². The predicted molar refractivity (Wildman–Crippen MR) is 72.7 cm³/mol. The molecule has 90 valence electrons. The normalized spacial score (nSPS) is 12.6. The molecule has 0 aliphatic rings. The van der Waals surface area contributed by atoms with E-state index < -0.39 is 0 Å². The molecule has 3 nitrogen and oxygen atoms in total. The number of nitrogens with zero attached hydrogens (tertiary/aromatic N) is 2. The van der Waals surface area contributed by atoms with Gasteiger partial charge in [0.25, 0.3) is 0 Å². The number of nitrogens with two attached hydrogens (primary N) is 1. The van der Waals surface area contributed by atoms with Crippen LogP contribution in [-0.2, 0) is 6.54 Å². The maximum absolute atomic E-state index is 6.27. The summed E-state index contributed by atoms with van der Waals surface area (Å²) in [6.45, 7) is 3.04. The third-order valence-corrected chi connectivity index (χ3v) is 3.26. The highest BCUT2D eigenvalue weighted by Gasteiger charge is 2.13. The second kappa shape index (κ2) is 5.47. The summed E-state index contributed by atoms with van der Waals surface area (Å²) in [5.74, 6) is 0. The first kappa shape index (κ1) is 12.3. The number of halogens is 1. The number of aromatic nitrogens is 2. The zero-order valence-corrected chi connectivity index (χ0v) is 11.4. The zero-order valence-electron chi connectivity index (χ0n) is 9.81. The number of benzene rings is 1. The maximum Gasteiger partial charge on any atom is 0.0723 e. The molecule has 0 amide bonds. The summed E-state index contributed by atoms with van der Waals surface area (Å²) in [6.07, 6.45) is 2.87. The summed E-state index contributed by atoms with van der Waals surface area (Å²) in [6, 6.07) is 9.97. The maximum atomic E-state index is 6.27. The Labute approximate surface area is 110 Å². The van der Waals surface area contributed by atoms with Crippen LogP contribution in [0.1, 0.15) is 30.6 Å². The van der Waals surface area contributed by atoms with Crippen molar-refractivity contribution in [3.05, 3.63) is 52.3 Å². The van der Waals surface area contributed by atoms with Gasteiger partial charge in [-0.1, -0.05) is 35.0 Å². The third-order valence-electron chi connectivity index (χ3n) is 2.73. The number of aryl methyl sites for hydroxylation is 1. The molecule has 0 bridgehead atoms. The van der Waals surface area contributed by atoms with Crippen LogP contribution >= 0.6 is 15.9 Å². The van der Waals surface area contributed by atoms with Crippen molar-refractivity contribution in [2.75, 3.05) is 0 Å². The number of hydrogen-bond donors (Lipinski definition) is 1. The fourth-order valence-electron chi connectivity index (χ4n) is 1.85. The van der Waals surface area contributed by atoms with Gasteiger partial charge in [-0.05, 0) is 30.2 Å². The van der Waals surface area contributed by atoms with E-state index in [1.54, 1.807) is 0 Å². The van der Waals surface area contributed by atoms with Gasteiger partial charge in [0.05, 0.1) is 11.7 Å². The van der Waals surface area contributed by atoms with Crippen molar-refractivity contribution in [3.63, 3.8) is 0 Å². The Morgan fingerprint density at radius 2 is 2.00 bits per heavy atom. The molecule has 2 N–H and O–H groups in total. The first-order valence-corrected chi connectivity index (χ1v) is 6.54. The van der Waals surface area contributed by atoms with Crippen molar-refractivity contribution in [2.24, 2.45) is 5.73 Å². The molecule has 0 fully saturated rings. The molecule has 1 aromatic heterocycles. The lowest BCUT2D eigenvalue weighted by Gasteiger charge is -2.14. The van der Waals surface area contributed by atoms with Crippen LogP contribution in [0.5, 0.6) is 0 Å². The lowest BCUT2D eigenvalue weighted by atomic mass is 10.0. The van der Waals surface area contributed by atoms with Crippen LogP contribution in [-0.4, -0.2) is 9.78 Å². The monoisotopic (exact) mass is 293 g/mol. The van der Waals surface area contributed by atoms with E-state index in [2.05, 4.69) is 28.0 Å². The van der Waals surface area contributed by atoms with Crippen molar-refractivity contribution >= 4 is 15.9 Å². The van der Waals surface area contributed by atoms with Gasteiger partial charge in [0, 0.05) is 17.2 Å². The molecule has 0 radical (unpaired) electrons. The smallest absolute Gasteiger partial charge is 0.0723 e. The largest absolute Gasteiger partial charge is 0.319 e. The van der Waals surface area contributed by atoms with Crippen molar-refractivity contribution in [2.45, 2.75) is 25.9 Å². The Kier molecular flexibility index (Phi) is 3.97. The summed E-state index contributed by atoms with van der Waals surface area (Å²) < 4.78 is 3.04. The highest BCUT2D eigenvalue weighted by molar-refractivity contribution is 9.10. The molecule has 4 heteroatoms. The minimum atomic E-state index is -0.114. The van der Waals surface area contributed by atoms with Gasteiger partial charge in [-0.15, -0.1) is 0 Å². The molecule has 1 atom stereocenters. The first-order valence-electron chi connectivity index (χ1n) is 5.75. The summed E-state index contributed by atoms with van der Waals surface area (Å²) in [5.41, 5.74) is 8.43. The van der Waals surface area contributed by atoms with Crippen LogP contribution < -0.4 is 5.73 Å². The second-order valence-corrected chi connectivity index (χ2v) is 4.92. The number of hydrogen-bond acceptors (Lipinski definition) is 2. The van der Waals surface area contributed by atoms with Gasteiger partial charge in [-0.2, -0.15) is 5.10 Å². The summed E-state index contributed by atoms with van der Waals surface area (Å²) in [5, 5.41) is 4.30. The fourth-order valence-corrected chi connectivity index (χ4v) is 2.11. The lowest BCUT2D eigenvalue weighted by Crippen LogP contribution is -2.17. The Morgan fingerprint density at radius 3 is 2.65 bits per heavy atom. The van der Waals surface area contributed by atoms with Crippen molar-refractivity contribution in [3.8, 4) is 0 Å². The van der Waals surface area contributed by atoms with E-state index in [4.69, 9.17) is 5.73 Å². The average molecular weight is 294 g/mol. The molecular formula is C13H16BrN3. The van der Waals surface area contributed by atoms with Gasteiger partial charge < -0.3 is 5.73 Å². The minimum absolute atomic E-state index is 0.114. The first-order chi connectivity index (χ1) is 8.22. The average Bonchev–Trinajstić information content (AvgIpc) is 2.78. The van der Waals surface area contributed by atoms with Crippen LogP contribution in [0, 0.1) is 0 Å². The summed E-state index contributed by atoms with van der Waals surface area (Å²) >= 11 is 3.42. The fraction of sp³-hybridized carbons (Fsp3) is 0.308. The van der Waals surface area contributed by atoms with E-state index in [-0.39, 0.29) is 6.04 Å². The quantitative estimate of drug-likeness (QED) is 0.941. The van der Waals surface area contributed by atoms with E-state index >= 15 is 0 Å². The Bertz CT molecular complexity index is 476. The standard InChI is InChI=1S/C13H16BrN3/c1-2-9-17-12(7-8-16-17)13(15)10-3-5-11(14)6-4-10/h3-8,13H,2,9,15H2,1H3. The van der Waals surface area contributed by atoms with Crippen molar-refractivity contribution in [1.82, 2.24) is 9.78 Å². The molecule has 0 saturated carbocycles. The van der Waals surface area contributed by atoms with E-state index in [9.17, 15) is 0 Å². The van der Waals surface area contributed by atoms with Crippen molar-refractivity contribution in [1.29, 1.82) is 0 Å². The SMILES string of the molecule is CCCn1nccc1C(N)c1ccc(Br)cc1. The Hall–Kier alpha value is -1.13. The van der Waals surface area contributed by atoms with E-state index in [1.807, 2.05) is 41.2 Å². The van der Waals surface area contributed by atoms with Gasteiger partial charge in [0.2, 0.25) is 0 Å². The van der Waals surface area contributed by atoms with Gasteiger partial charge in [0.15, 0.2) is 0 Å². The predicted octanol–water partition coefficient (Wildman–Crippen LogP) is 3.10. The van der Waals surface area contributed by atoms with Gasteiger partial charge >= 0.3 is 0 Å². The van der Waals surface area contributed by atoms with E-state index in [0.717, 1.165) is 28.7 Å². The Balaban J connectivity index is 2.26. The van der Waals surface area contributed by atoms with Crippen LogP contribution in [0.4, 0.5) is 0 Å². The number of rotatable bonds is 4. The molecule has 1 heterocycles. The summed E-state index contributed by atoms with van der Waals surface area (Å²) in [7, 11) is 0. The van der Waals surface area contributed by atoms with Crippen LogP contribution in [0.3, 0.4) is 0 Å². The van der Waals surface area contributed by atoms with E-state index in [0.29, 0.717) is 0 Å². The highest BCUT2D eigenvalue weighted by Crippen LogP contribution is 2.21. The zero-order chi connectivity index (χ0) is 12.3.